The van der Waals surface area contributed by atoms with Crippen molar-refractivity contribution in [2.24, 2.45) is 0 Å². The van der Waals surface area contributed by atoms with Crippen LogP contribution >= 0.6 is 0 Å². The highest BCUT2D eigenvalue weighted by molar-refractivity contribution is 5.92. The summed E-state index contributed by atoms with van der Waals surface area (Å²) in [6.45, 7) is 7.87. The number of likely N-dealkylation sites (N-methyl/N-ethyl adjacent to an activating group) is 1. The maximum atomic E-state index is 13.8. The highest BCUT2D eigenvalue weighted by Crippen LogP contribution is 2.34. The van der Waals surface area contributed by atoms with Crippen LogP contribution in [0.15, 0.2) is 48.7 Å². The van der Waals surface area contributed by atoms with Crippen molar-refractivity contribution < 1.29 is 22.7 Å². The monoisotopic (exact) mass is 510 g/mol. The number of aromatic nitrogens is 1. The van der Waals surface area contributed by atoms with Crippen molar-refractivity contribution >= 4 is 11.6 Å². The van der Waals surface area contributed by atoms with E-state index in [2.05, 4.69) is 34.3 Å². The Morgan fingerprint density at radius 2 is 1.81 bits per heavy atom. The number of carbonyl (C=O) groups is 1. The molecule has 37 heavy (non-hydrogen) atoms. The van der Waals surface area contributed by atoms with Gasteiger partial charge < -0.3 is 15.0 Å². The standard InChI is InChI=1S/C28H29F3N4O2/c1-3-34-12-14-35(15-13-34)18-23-6-9-24(16-26(23)28(29,30)31)33-27(36)19-37-25-10-7-21(8-11-25)22-5-4-20(2)32-17-22/h4-7,9-10,16-17H,3,12-15,18-19H2,1-2H3,(H,33,36). The first-order valence-electron chi connectivity index (χ1n) is 12.2. The number of anilines is 1. The minimum Gasteiger partial charge on any atom is -0.476 e. The van der Waals surface area contributed by atoms with Gasteiger partial charge in [0.2, 0.25) is 0 Å². The number of nitrogens with one attached hydrogen (secondary N) is 1. The fraction of sp³-hybridized carbons (Fsp3) is 0.357. The summed E-state index contributed by atoms with van der Waals surface area (Å²) in [5, 5.41) is 2.49. The number of piperazine rings is 1. The Morgan fingerprint density at radius 3 is 2.43 bits per heavy atom. The second-order valence-electron chi connectivity index (χ2n) is 8.97. The summed E-state index contributed by atoms with van der Waals surface area (Å²) in [6, 6.07) is 16.9. The second kappa shape index (κ2) is 11.6. The minimum absolute atomic E-state index is 0.0678. The number of nitrogens with zero attached hydrogens (tertiary/aromatic N) is 3. The molecule has 1 fully saturated rings. The summed E-state index contributed by atoms with van der Waals surface area (Å²) >= 11 is 0. The van der Waals surface area contributed by atoms with E-state index in [4.69, 9.17) is 4.74 Å². The molecule has 0 unspecified atom stereocenters. The summed E-state index contributed by atoms with van der Waals surface area (Å²) in [6.07, 6.45) is -2.80. The molecule has 1 N–H and O–H groups in total. The molecule has 0 atom stereocenters. The maximum absolute atomic E-state index is 13.8. The van der Waals surface area contributed by atoms with E-state index in [0.717, 1.165) is 55.6 Å². The molecule has 0 bridgehead atoms. The number of ether oxygens (including phenoxy) is 1. The second-order valence-corrected chi connectivity index (χ2v) is 8.97. The maximum Gasteiger partial charge on any atom is 0.416 e. The number of rotatable bonds is 8. The van der Waals surface area contributed by atoms with Crippen molar-refractivity contribution in [3.63, 3.8) is 0 Å². The Hall–Kier alpha value is -3.61. The molecule has 6 nitrogen and oxygen atoms in total. The molecule has 3 aromatic rings. The van der Waals surface area contributed by atoms with Crippen molar-refractivity contribution in [1.29, 1.82) is 0 Å². The van der Waals surface area contributed by atoms with Gasteiger partial charge in [-0.05, 0) is 55.4 Å². The first-order chi connectivity index (χ1) is 17.7. The van der Waals surface area contributed by atoms with Crippen LogP contribution in [0.5, 0.6) is 5.75 Å². The van der Waals surface area contributed by atoms with Crippen LogP contribution in [0.2, 0.25) is 0 Å². The van der Waals surface area contributed by atoms with E-state index in [1.807, 2.05) is 24.0 Å². The lowest BCUT2D eigenvalue weighted by Crippen LogP contribution is -2.45. The summed E-state index contributed by atoms with van der Waals surface area (Å²) in [5.74, 6) is -0.273. The number of hydrogen-bond acceptors (Lipinski definition) is 5. The van der Waals surface area contributed by atoms with E-state index < -0.39 is 17.6 Å². The summed E-state index contributed by atoms with van der Waals surface area (Å²) in [4.78, 5) is 20.9. The molecule has 1 aliphatic rings. The number of benzene rings is 1. The molecule has 1 aliphatic heterocycles. The zero-order valence-electron chi connectivity index (χ0n) is 20.9. The van der Waals surface area contributed by atoms with Gasteiger partial charge in [-0.15, -0.1) is 0 Å². The topological polar surface area (TPSA) is 57.7 Å². The third kappa shape index (κ3) is 7.21. The van der Waals surface area contributed by atoms with Gasteiger partial charge in [-0.3, -0.25) is 14.7 Å². The molecule has 1 aromatic heterocycles. The van der Waals surface area contributed by atoms with Gasteiger partial charge in [-0.25, -0.2) is 0 Å². The Bertz CT molecular complexity index is 1190. The van der Waals surface area contributed by atoms with Gasteiger partial charge in [0.25, 0.3) is 5.91 Å². The average Bonchev–Trinajstić information content (AvgIpc) is 2.89. The van der Waals surface area contributed by atoms with E-state index in [9.17, 15) is 18.0 Å². The molecule has 4 rings (SSSR count). The van der Waals surface area contributed by atoms with Crippen molar-refractivity contribution in [2.75, 3.05) is 44.6 Å². The van der Waals surface area contributed by atoms with Gasteiger partial charge in [-0.1, -0.05) is 25.1 Å². The van der Waals surface area contributed by atoms with Crippen LogP contribution in [0.4, 0.5) is 18.9 Å². The van der Waals surface area contributed by atoms with Crippen molar-refractivity contribution in [2.45, 2.75) is 26.6 Å². The fourth-order valence-corrected chi connectivity index (χ4v) is 4.15. The summed E-state index contributed by atoms with van der Waals surface area (Å²) in [7, 11) is 0. The molecule has 1 saturated heterocycles. The number of halogens is 3. The third-order valence-electron chi connectivity index (χ3n) is 6.31. The minimum atomic E-state index is -4.53. The quantitative estimate of drug-likeness (QED) is 0.471. The van der Waals surface area contributed by atoms with Gasteiger partial charge in [-0.2, -0.15) is 13.2 Å². The van der Waals surface area contributed by atoms with Gasteiger partial charge in [0.1, 0.15) is 0 Å². The highest BCUT2D eigenvalue weighted by Gasteiger charge is 2.34. The van der Waals surface area contributed by atoms with Crippen molar-refractivity contribution in [3.05, 3.63) is 77.6 Å². The van der Waals surface area contributed by atoms with E-state index in [0.29, 0.717) is 5.75 Å². The largest absolute Gasteiger partial charge is 0.476 e. The first-order valence-corrected chi connectivity index (χ1v) is 12.2. The van der Waals surface area contributed by atoms with Crippen LogP contribution in [-0.4, -0.2) is 60.0 Å². The van der Waals surface area contributed by atoms with Crippen LogP contribution in [-0.2, 0) is 17.5 Å². The third-order valence-corrected chi connectivity index (χ3v) is 6.31. The smallest absolute Gasteiger partial charge is 0.416 e. The molecule has 0 saturated carbocycles. The molecular formula is C28H29F3N4O2. The summed E-state index contributed by atoms with van der Waals surface area (Å²) < 4.78 is 46.9. The number of carbonyl (C=O) groups excluding carboxylic acids is 1. The van der Waals surface area contributed by atoms with Crippen molar-refractivity contribution in [1.82, 2.24) is 14.8 Å². The zero-order valence-corrected chi connectivity index (χ0v) is 20.9. The molecule has 0 radical (unpaired) electrons. The predicted octanol–water partition coefficient (Wildman–Crippen LogP) is 4.83. The summed E-state index contributed by atoms with van der Waals surface area (Å²) in [5.41, 5.74) is 2.07. The Labute approximate surface area is 215 Å². The number of amides is 1. The lowest BCUT2D eigenvalue weighted by atomic mass is 10.0. The number of alkyl halides is 3. The number of aryl methyl sites for hydroxylation is 1. The normalized spacial score (nSPS) is 14.7. The van der Waals surface area contributed by atoms with E-state index in [1.54, 1.807) is 18.3 Å². The predicted molar refractivity (Wildman–Crippen MR) is 135 cm³/mol. The molecule has 9 heteroatoms. The molecular weight excluding hydrogens is 481 g/mol. The Kier molecular flexibility index (Phi) is 8.31. The fourth-order valence-electron chi connectivity index (χ4n) is 4.15. The molecule has 1 amide bonds. The average molecular weight is 511 g/mol. The van der Waals surface area contributed by atoms with Crippen LogP contribution in [0.25, 0.3) is 11.1 Å². The van der Waals surface area contributed by atoms with Gasteiger partial charge in [0.05, 0.1) is 5.56 Å². The Balaban J connectivity index is 1.35. The number of hydrogen-bond donors (Lipinski definition) is 1. The van der Waals surface area contributed by atoms with E-state index >= 15 is 0 Å². The first kappa shape index (κ1) is 26.5. The van der Waals surface area contributed by atoms with Gasteiger partial charge in [0, 0.05) is 61.4 Å². The van der Waals surface area contributed by atoms with E-state index in [-0.39, 0.29) is 24.4 Å². The van der Waals surface area contributed by atoms with Crippen LogP contribution in [0.3, 0.4) is 0 Å². The van der Waals surface area contributed by atoms with Crippen molar-refractivity contribution in [3.8, 4) is 16.9 Å². The number of pyridine rings is 1. The molecule has 0 aliphatic carbocycles. The lowest BCUT2D eigenvalue weighted by Gasteiger charge is -2.34. The van der Waals surface area contributed by atoms with Crippen LogP contribution in [0.1, 0.15) is 23.7 Å². The SMILES string of the molecule is CCN1CCN(Cc2ccc(NC(=O)COc3c#cc(-c4ccc(C)nc4)cc3)cc2C(F)(F)F)CC1. The Morgan fingerprint density at radius 1 is 1.05 bits per heavy atom. The molecule has 0 spiro atoms. The highest BCUT2D eigenvalue weighted by atomic mass is 19.4. The van der Waals surface area contributed by atoms with E-state index in [1.165, 1.54) is 12.1 Å². The van der Waals surface area contributed by atoms with Crippen LogP contribution < -0.4 is 10.1 Å². The molecule has 2 heterocycles. The van der Waals surface area contributed by atoms with Gasteiger partial charge in [0.15, 0.2) is 12.4 Å². The molecule has 194 valence electrons. The zero-order chi connectivity index (χ0) is 26.4. The molecule has 2 aromatic carbocycles. The van der Waals surface area contributed by atoms with Crippen LogP contribution in [0, 0.1) is 19.1 Å². The lowest BCUT2D eigenvalue weighted by molar-refractivity contribution is -0.138. The van der Waals surface area contributed by atoms with Gasteiger partial charge >= 0.3 is 6.18 Å².